The van der Waals surface area contributed by atoms with E-state index in [2.05, 4.69) is 67.5 Å². The van der Waals surface area contributed by atoms with Gasteiger partial charge in [-0.2, -0.15) is 0 Å². The molecule has 1 aromatic carbocycles. The molecule has 5 nitrogen and oxygen atoms in total. The molecule has 0 saturated carbocycles. The second-order valence-corrected chi connectivity index (χ2v) is 7.50. The molecule has 6 heteroatoms. The summed E-state index contributed by atoms with van der Waals surface area (Å²) in [6, 6.07) is 9.08. The highest BCUT2D eigenvalue weighted by Crippen LogP contribution is 2.12. The summed E-state index contributed by atoms with van der Waals surface area (Å²) >= 11 is 0. The van der Waals surface area contributed by atoms with Crippen LogP contribution in [0.1, 0.15) is 51.7 Å². The molecule has 0 unspecified atom stereocenters. The number of rotatable bonds is 9. The van der Waals surface area contributed by atoms with Gasteiger partial charge in [-0.05, 0) is 51.2 Å². The Bertz CT molecular complexity index is 571. The van der Waals surface area contributed by atoms with E-state index in [4.69, 9.17) is 9.73 Å². The fourth-order valence-corrected chi connectivity index (χ4v) is 3.45. The SMILES string of the molecule is CCNC(=NCc1ccccc1CC)NC1CCN(CCOC(C)C)CC1.I. The fraction of sp³-hybridized carbons (Fsp3) is 0.682. The Balaban J connectivity index is 0.00000392. The van der Waals surface area contributed by atoms with Crippen LogP contribution in [0, 0.1) is 0 Å². The number of nitrogens with one attached hydrogen (secondary N) is 2. The van der Waals surface area contributed by atoms with Gasteiger partial charge in [0.1, 0.15) is 0 Å². The number of aliphatic imine (C=N–C) groups is 1. The maximum absolute atomic E-state index is 5.67. The lowest BCUT2D eigenvalue weighted by atomic mass is 10.1. The molecule has 1 fully saturated rings. The number of hydrogen-bond acceptors (Lipinski definition) is 3. The molecule has 0 aliphatic carbocycles. The summed E-state index contributed by atoms with van der Waals surface area (Å²) in [6.45, 7) is 14.2. The molecular weight excluding hydrogens is 463 g/mol. The third-order valence-corrected chi connectivity index (χ3v) is 5.04. The molecule has 0 spiro atoms. The van der Waals surface area contributed by atoms with Crippen LogP contribution in [0.2, 0.25) is 0 Å². The normalized spacial score (nSPS) is 16.1. The molecule has 1 heterocycles. The first-order valence-corrected chi connectivity index (χ1v) is 10.6. The molecule has 0 amide bonds. The zero-order valence-corrected chi connectivity index (χ0v) is 20.4. The quantitative estimate of drug-likeness (QED) is 0.307. The first-order valence-electron chi connectivity index (χ1n) is 10.6. The lowest BCUT2D eigenvalue weighted by molar-refractivity contribution is 0.0532. The molecular formula is C22H39IN4O. The number of hydrogen-bond donors (Lipinski definition) is 2. The van der Waals surface area contributed by atoms with Gasteiger partial charge in [0.05, 0.1) is 19.3 Å². The zero-order valence-electron chi connectivity index (χ0n) is 18.0. The van der Waals surface area contributed by atoms with Crippen LogP contribution >= 0.6 is 24.0 Å². The van der Waals surface area contributed by atoms with Crippen LogP contribution in [0.25, 0.3) is 0 Å². The number of nitrogens with zero attached hydrogens (tertiary/aromatic N) is 2. The van der Waals surface area contributed by atoms with Crippen LogP contribution in [-0.2, 0) is 17.7 Å². The third kappa shape index (κ3) is 9.09. The van der Waals surface area contributed by atoms with Crippen LogP contribution in [0.15, 0.2) is 29.3 Å². The molecule has 0 atom stereocenters. The molecule has 1 saturated heterocycles. The van der Waals surface area contributed by atoms with Crippen LogP contribution < -0.4 is 10.6 Å². The second-order valence-electron chi connectivity index (χ2n) is 7.50. The monoisotopic (exact) mass is 502 g/mol. The minimum Gasteiger partial charge on any atom is -0.377 e. The average Bonchev–Trinajstić information content (AvgIpc) is 2.67. The standard InChI is InChI=1S/C22H38N4O.HI/c1-5-19-9-7-8-10-20(19)17-24-22(23-6-2)25-21-11-13-26(14-12-21)15-16-27-18(3)4;/h7-10,18,21H,5-6,11-17H2,1-4H3,(H2,23,24,25);1H. The minimum absolute atomic E-state index is 0. The van der Waals surface area contributed by atoms with Crippen molar-refractivity contribution >= 4 is 29.9 Å². The van der Waals surface area contributed by atoms with E-state index in [0.29, 0.717) is 12.1 Å². The molecule has 0 bridgehead atoms. The van der Waals surface area contributed by atoms with Gasteiger partial charge in [-0.15, -0.1) is 24.0 Å². The van der Waals surface area contributed by atoms with Crippen molar-refractivity contribution in [3.8, 4) is 0 Å². The van der Waals surface area contributed by atoms with Gasteiger partial charge in [0, 0.05) is 32.2 Å². The van der Waals surface area contributed by atoms with Gasteiger partial charge in [-0.1, -0.05) is 31.2 Å². The highest BCUT2D eigenvalue weighted by atomic mass is 127. The van der Waals surface area contributed by atoms with Gasteiger partial charge in [0.2, 0.25) is 0 Å². The number of piperidine rings is 1. The summed E-state index contributed by atoms with van der Waals surface area (Å²) in [5.74, 6) is 0.935. The van der Waals surface area contributed by atoms with Gasteiger partial charge in [-0.3, -0.25) is 0 Å². The minimum atomic E-state index is 0. The van der Waals surface area contributed by atoms with Crippen molar-refractivity contribution in [1.29, 1.82) is 0 Å². The first-order chi connectivity index (χ1) is 13.1. The van der Waals surface area contributed by atoms with Gasteiger partial charge in [0.25, 0.3) is 0 Å². The fourth-order valence-electron chi connectivity index (χ4n) is 3.45. The highest BCUT2D eigenvalue weighted by Gasteiger charge is 2.19. The van der Waals surface area contributed by atoms with Crippen LogP contribution in [0.4, 0.5) is 0 Å². The van der Waals surface area contributed by atoms with E-state index in [1.165, 1.54) is 11.1 Å². The molecule has 0 radical (unpaired) electrons. The Kier molecular flexibility index (Phi) is 12.7. The van der Waals surface area contributed by atoms with E-state index < -0.39 is 0 Å². The Hall–Kier alpha value is -0.860. The molecule has 1 aliphatic heterocycles. The average molecular weight is 502 g/mol. The molecule has 1 aromatic rings. The van der Waals surface area contributed by atoms with Gasteiger partial charge >= 0.3 is 0 Å². The zero-order chi connectivity index (χ0) is 19.5. The van der Waals surface area contributed by atoms with Crippen molar-refractivity contribution in [3.63, 3.8) is 0 Å². The summed E-state index contributed by atoms with van der Waals surface area (Å²) in [5.41, 5.74) is 2.70. The van der Waals surface area contributed by atoms with E-state index in [0.717, 1.165) is 64.6 Å². The van der Waals surface area contributed by atoms with Crippen molar-refractivity contribution in [1.82, 2.24) is 15.5 Å². The summed E-state index contributed by atoms with van der Waals surface area (Å²) in [4.78, 5) is 7.34. The van der Waals surface area contributed by atoms with Crippen LogP contribution in [0.5, 0.6) is 0 Å². The summed E-state index contributed by atoms with van der Waals surface area (Å²) < 4.78 is 5.67. The van der Waals surface area contributed by atoms with Crippen molar-refractivity contribution < 1.29 is 4.74 Å². The summed E-state index contributed by atoms with van der Waals surface area (Å²) in [5, 5.41) is 7.04. The maximum atomic E-state index is 5.67. The molecule has 2 N–H and O–H groups in total. The number of halogens is 1. The molecule has 2 rings (SSSR count). The lowest BCUT2D eigenvalue weighted by Gasteiger charge is -2.33. The Morgan fingerprint density at radius 3 is 2.46 bits per heavy atom. The number of benzene rings is 1. The first kappa shape index (κ1) is 25.2. The van der Waals surface area contributed by atoms with Crippen LogP contribution in [0.3, 0.4) is 0 Å². The number of guanidine groups is 1. The number of aryl methyl sites for hydroxylation is 1. The number of ether oxygens (including phenoxy) is 1. The van der Waals surface area contributed by atoms with E-state index in [9.17, 15) is 0 Å². The van der Waals surface area contributed by atoms with Crippen molar-refractivity contribution in [2.24, 2.45) is 4.99 Å². The maximum Gasteiger partial charge on any atom is 0.191 e. The molecule has 28 heavy (non-hydrogen) atoms. The Morgan fingerprint density at radius 2 is 1.86 bits per heavy atom. The topological polar surface area (TPSA) is 48.9 Å². The highest BCUT2D eigenvalue weighted by molar-refractivity contribution is 14.0. The Labute approximate surface area is 188 Å². The van der Waals surface area contributed by atoms with E-state index in [1.54, 1.807) is 0 Å². The third-order valence-electron chi connectivity index (χ3n) is 5.04. The van der Waals surface area contributed by atoms with Gasteiger partial charge < -0.3 is 20.3 Å². The van der Waals surface area contributed by atoms with E-state index >= 15 is 0 Å². The smallest absolute Gasteiger partial charge is 0.191 e. The van der Waals surface area contributed by atoms with Crippen molar-refractivity contribution in [2.45, 2.75) is 65.6 Å². The number of likely N-dealkylation sites (tertiary alicyclic amines) is 1. The second kappa shape index (κ2) is 14.2. The summed E-state index contributed by atoms with van der Waals surface area (Å²) in [7, 11) is 0. The molecule has 0 aromatic heterocycles. The predicted molar refractivity (Wildman–Crippen MR) is 130 cm³/mol. The van der Waals surface area contributed by atoms with Crippen molar-refractivity contribution in [2.75, 3.05) is 32.8 Å². The van der Waals surface area contributed by atoms with E-state index in [1.807, 2.05) is 0 Å². The molecule has 160 valence electrons. The largest absolute Gasteiger partial charge is 0.377 e. The van der Waals surface area contributed by atoms with Crippen LogP contribution in [-0.4, -0.2) is 55.8 Å². The van der Waals surface area contributed by atoms with Gasteiger partial charge in [-0.25, -0.2) is 4.99 Å². The predicted octanol–water partition coefficient (Wildman–Crippen LogP) is 3.81. The lowest BCUT2D eigenvalue weighted by Crippen LogP contribution is -2.49. The Morgan fingerprint density at radius 1 is 1.18 bits per heavy atom. The molecule has 1 aliphatic rings. The van der Waals surface area contributed by atoms with Crippen molar-refractivity contribution in [3.05, 3.63) is 35.4 Å². The van der Waals surface area contributed by atoms with E-state index in [-0.39, 0.29) is 24.0 Å². The summed E-state index contributed by atoms with van der Waals surface area (Å²) in [6.07, 6.45) is 3.67. The van der Waals surface area contributed by atoms with Gasteiger partial charge in [0.15, 0.2) is 5.96 Å².